The van der Waals surface area contributed by atoms with E-state index in [1.807, 2.05) is 18.2 Å². The van der Waals surface area contributed by atoms with Gasteiger partial charge in [-0.25, -0.2) is 0 Å². The molecule has 3 N–H and O–H groups in total. The van der Waals surface area contributed by atoms with Crippen molar-refractivity contribution >= 4 is 17.5 Å². The number of hydrogen-bond donors (Lipinski definition) is 3. The van der Waals surface area contributed by atoms with Gasteiger partial charge < -0.3 is 20.5 Å². The van der Waals surface area contributed by atoms with Crippen molar-refractivity contribution < 1.29 is 19.4 Å². The SMILES string of the molecule is COc1ccc2c(c1)CCCC2(O)CNC(=O)C(=O)Nc1ccccc1. The molecule has 0 saturated heterocycles. The van der Waals surface area contributed by atoms with Crippen LogP contribution in [-0.2, 0) is 21.6 Å². The Labute approximate surface area is 152 Å². The van der Waals surface area contributed by atoms with E-state index in [4.69, 9.17) is 4.74 Å². The molecular formula is C20H22N2O4. The van der Waals surface area contributed by atoms with Crippen LogP contribution in [-0.4, -0.2) is 30.6 Å². The molecule has 0 aliphatic heterocycles. The molecule has 0 bridgehead atoms. The molecule has 0 aromatic heterocycles. The molecule has 6 nitrogen and oxygen atoms in total. The van der Waals surface area contributed by atoms with Crippen molar-refractivity contribution in [3.05, 3.63) is 59.7 Å². The van der Waals surface area contributed by atoms with Crippen molar-refractivity contribution in [2.75, 3.05) is 19.0 Å². The molecule has 26 heavy (non-hydrogen) atoms. The fourth-order valence-electron chi connectivity index (χ4n) is 3.26. The predicted octanol–water partition coefficient (Wildman–Crippen LogP) is 1.97. The molecule has 136 valence electrons. The van der Waals surface area contributed by atoms with Crippen molar-refractivity contribution in [3.8, 4) is 5.75 Å². The normalized spacial score (nSPS) is 18.5. The lowest BCUT2D eigenvalue weighted by atomic mass is 9.79. The Morgan fingerprint density at radius 3 is 2.65 bits per heavy atom. The van der Waals surface area contributed by atoms with Gasteiger partial charge in [0.1, 0.15) is 11.4 Å². The molecule has 2 aromatic rings. The summed E-state index contributed by atoms with van der Waals surface area (Å²) in [4.78, 5) is 24.1. The number of amides is 2. The van der Waals surface area contributed by atoms with E-state index >= 15 is 0 Å². The van der Waals surface area contributed by atoms with Gasteiger partial charge in [-0.3, -0.25) is 9.59 Å². The summed E-state index contributed by atoms with van der Waals surface area (Å²) in [5, 5.41) is 16.1. The molecule has 2 aromatic carbocycles. The average molecular weight is 354 g/mol. The van der Waals surface area contributed by atoms with Gasteiger partial charge in [-0.2, -0.15) is 0 Å². The largest absolute Gasteiger partial charge is 0.497 e. The molecule has 1 unspecified atom stereocenters. The number of anilines is 1. The highest BCUT2D eigenvalue weighted by molar-refractivity contribution is 6.39. The van der Waals surface area contributed by atoms with E-state index in [9.17, 15) is 14.7 Å². The number of para-hydroxylation sites is 1. The smallest absolute Gasteiger partial charge is 0.313 e. The summed E-state index contributed by atoms with van der Waals surface area (Å²) in [5.41, 5.74) is 1.12. The highest BCUT2D eigenvalue weighted by Gasteiger charge is 2.35. The number of benzene rings is 2. The van der Waals surface area contributed by atoms with Gasteiger partial charge in [-0.15, -0.1) is 0 Å². The monoisotopic (exact) mass is 354 g/mol. The van der Waals surface area contributed by atoms with Crippen LogP contribution in [0, 0.1) is 0 Å². The van der Waals surface area contributed by atoms with Crippen LogP contribution in [0.1, 0.15) is 24.0 Å². The van der Waals surface area contributed by atoms with Crippen LogP contribution in [0.25, 0.3) is 0 Å². The summed E-state index contributed by atoms with van der Waals surface area (Å²) >= 11 is 0. The van der Waals surface area contributed by atoms with Crippen LogP contribution in [0.4, 0.5) is 5.69 Å². The molecule has 0 saturated carbocycles. The number of methoxy groups -OCH3 is 1. The molecule has 0 fully saturated rings. The second kappa shape index (κ2) is 7.58. The standard InChI is InChI=1S/C20H22N2O4/c1-26-16-9-10-17-14(12-16)6-5-11-20(17,25)13-21-18(23)19(24)22-15-7-3-2-4-8-15/h2-4,7-10,12,25H,5-6,11,13H2,1H3,(H,21,23)(H,22,24). The maximum Gasteiger partial charge on any atom is 0.313 e. The molecule has 3 rings (SSSR count). The van der Waals surface area contributed by atoms with Gasteiger partial charge >= 0.3 is 11.8 Å². The third-order valence-corrected chi connectivity index (χ3v) is 4.63. The number of aryl methyl sites for hydroxylation is 1. The van der Waals surface area contributed by atoms with Crippen LogP contribution in [0.5, 0.6) is 5.75 Å². The summed E-state index contributed by atoms with van der Waals surface area (Å²) in [6.07, 6.45) is 2.16. The van der Waals surface area contributed by atoms with E-state index in [1.54, 1.807) is 37.4 Å². The van der Waals surface area contributed by atoms with Gasteiger partial charge in [-0.05, 0) is 54.7 Å². The van der Waals surface area contributed by atoms with E-state index in [0.717, 1.165) is 29.7 Å². The number of carbonyl (C=O) groups is 2. The van der Waals surface area contributed by atoms with Crippen molar-refractivity contribution in [2.45, 2.75) is 24.9 Å². The van der Waals surface area contributed by atoms with Gasteiger partial charge in [0.05, 0.1) is 13.7 Å². The topological polar surface area (TPSA) is 87.7 Å². The van der Waals surface area contributed by atoms with Gasteiger partial charge in [-0.1, -0.05) is 24.3 Å². The molecule has 0 radical (unpaired) electrons. The van der Waals surface area contributed by atoms with Gasteiger partial charge in [0, 0.05) is 5.69 Å². The lowest BCUT2D eigenvalue weighted by Gasteiger charge is -2.34. The van der Waals surface area contributed by atoms with E-state index in [2.05, 4.69) is 10.6 Å². The maximum absolute atomic E-state index is 12.1. The Balaban J connectivity index is 1.66. The average Bonchev–Trinajstić information content (AvgIpc) is 2.66. The van der Waals surface area contributed by atoms with Crippen molar-refractivity contribution in [2.24, 2.45) is 0 Å². The van der Waals surface area contributed by atoms with E-state index in [0.29, 0.717) is 12.1 Å². The van der Waals surface area contributed by atoms with Crippen molar-refractivity contribution in [1.82, 2.24) is 5.32 Å². The number of ether oxygens (including phenoxy) is 1. The Bertz CT molecular complexity index is 807. The first-order chi connectivity index (χ1) is 12.5. The minimum Gasteiger partial charge on any atom is -0.497 e. The van der Waals surface area contributed by atoms with E-state index in [-0.39, 0.29) is 6.54 Å². The Morgan fingerprint density at radius 2 is 1.92 bits per heavy atom. The first-order valence-corrected chi connectivity index (χ1v) is 8.56. The summed E-state index contributed by atoms with van der Waals surface area (Å²) in [5.74, 6) is -0.798. The highest BCUT2D eigenvalue weighted by Crippen LogP contribution is 2.36. The number of aliphatic hydroxyl groups is 1. The van der Waals surface area contributed by atoms with Gasteiger partial charge in [0.25, 0.3) is 0 Å². The highest BCUT2D eigenvalue weighted by atomic mass is 16.5. The van der Waals surface area contributed by atoms with Crippen LogP contribution in [0.3, 0.4) is 0 Å². The molecule has 6 heteroatoms. The zero-order chi connectivity index (χ0) is 18.6. The van der Waals surface area contributed by atoms with Crippen LogP contribution < -0.4 is 15.4 Å². The predicted molar refractivity (Wildman–Crippen MR) is 97.9 cm³/mol. The first kappa shape index (κ1) is 17.9. The molecule has 1 aliphatic rings. The minimum absolute atomic E-state index is 0.0205. The number of nitrogens with one attached hydrogen (secondary N) is 2. The lowest BCUT2D eigenvalue weighted by molar-refractivity contribution is -0.137. The van der Waals surface area contributed by atoms with Crippen LogP contribution in [0.2, 0.25) is 0 Å². The van der Waals surface area contributed by atoms with Gasteiger partial charge in [0.2, 0.25) is 0 Å². The zero-order valence-electron chi connectivity index (χ0n) is 14.6. The van der Waals surface area contributed by atoms with E-state index in [1.165, 1.54) is 0 Å². The second-order valence-corrected chi connectivity index (χ2v) is 6.41. The molecule has 2 amide bonds. The maximum atomic E-state index is 12.1. The molecule has 1 aliphatic carbocycles. The van der Waals surface area contributed by atoms with Gasteiger partial charge in [0.15, 0.2) is 0 Å². The fraction of sp³-hybridized carbons (Fsp3) is 0.300. The Hall–Kier alpha value is -2.86. The summed E-state index contributed by atoms with van der Waals surface area (Å²) in [6.45, 7) is -0.0205. The quantitative estimate of drug-likeness (QED) is 0.733. The fourth-order valence-corrected chi connectivity index (χ4v) is 3.26. The lowest BCUT2D eigenvalue weighted by Crippen LogP contribution is -2.46. The molecule has 0 heterocycles. The number of rotatable bonds is 4. The molecular weight excluding hydrogens is 332 g/mol. The number of fused-ring (bicyclic) bond motifs is 1. The second-order valence-electron chi connectivity index (χ2n) is 6.41. The van der Waals surface area contributed by atoms with Crippen molar-refractivity contribution in [3.63, 3.8) is 0 Å². The van der Waals surface area contributed by atoms with Crippen LogP contribution in [0.15, 0.2) is 48.5 Å². The first-order valence-electron chi connectivity index (χ1n) is 8.56. The third-order valence-electron chi connectivity index (χ3n) is 4.63. The van der Waals surface area contributed by atoms with Crippen LogP contribution >= 0.6 is 0 Å². The Kier molecular flexibility index (Phi) is 5.23. The minimum atomic E-state index is -1.19. The zero-order valence-corrected chi connectivity index (χ0v) is 14.6. The van der Waals surface area contributed by atoms with E-state index < -0.39 is 17.4 Å². The van der Waals surface area contributed by atoms with Crippen molar-refractivity contribution in [1.29, 1.82) is 0 Å². The Morgan fingerprint density at radius 1 is 1.15 bits per heavy atom. The summed E-state index contributed by atoms with van der Waals surface area (Å²) in [7, 11) is 1.60. The number of carbonyl (C=O) groups excluding carboxylic acids is 2. The summed E-state index contributed by atoms with van der Waals surface area (Å²) in [6, 6.07) is 14.3. The number of hydrogen-bond acceptors (Lipinski definition) is 4. The molecule has 1 atom stereocenters. The third kappa shape index (κ3) is 3.86. The summed E-state index contributed by atoms with van der Waals surface area (Å²) < 4.78 is 5.23. The molecule has 0 spiro atoms.